The molecule has 4 heteroatoms. The smallest absolute Gasteiger partial charge is 0.209 e. The van der Waals surface area contributed by atoms with Crippen LogP contribution in [0.5, 0.6) is 0 Å². The first-order valence-corrected chi connectivity index (χ1v) is 6.55. The van der Waals surface area contributed by atoms with Crippen molar-refractivity contribution in [3.8, 4) is 0 Å². The van der Waals surface area contributed by atoms with E-state index < -0.39 is 0 Å². The summed E-state index contributed by atoms with van der Waals surface area (Å²) in [6.45, 7) is 1.89. The van der Waals surface area contributed by atoms with Crippen molar-refractivity contribution < 1.29 is 4.42 Å². The molecule has 2 aromatic rings. The Balaban J connectivity index is 1.71. The predicted molar refractivity (Wildman–Crippen MR) is 72.1 cm³/mol. The van der Waals surface area contributed by atoms with Crippen LogP contribution in [-0.4, -0.2) is 23.5 Å². The Hall–Kier alpha value is -1.55. The number of hydrogen-bond acceptors (Lipinski definition) is 4. The molecule has 3 rings (SSSR count). The number of fused-ring (bicyclic) bond motifs is 1. The zero-order chi connectivity index (χ0) is 12.5. The third-order valence-electron chi connectivity index (χ3n) is 3.69. The quantitative estimate of drug-likeness (QED) is 0.841. The van der Waals surface area contributed by atoms with E-state index in [0.717, 1.165) is 36.0 Å². The van der Waals surface area contributed by atoms with Gasteiger partial charge in [0.15, 0.2) is 5.58 Å². The van der Waals surface area contributed by atoms with Gasteiger partial charge in [0.1, 0.15) is 5.52 Å². The number of oxazole rings is 1. The molecule has 1 aromatic heterocycles. The molecule has 4 nitrogen and oxygen atoms in total. The summed E-state index contributed by atoms with van der Waals surface area (Å²) >= 11 is 0. The molecule has 0 bridgehead atoms. The SMILES string of the molecule is CN(Cc1nc2c(N)cccc2o1)CC1CCC1. The van der Waals surface area contributed by atoms with E-state index in [-0.39, 0.29) is 0 Å². The Morgan fingerprint density at radius 1 is 1.44 bits per heavy atom. The Morgan fingerprint density at radius 3 is 2.94 bits per heavy atom. The van der Waals surface area contributed by atoms with Crippen LogP contribution in [0.3, 0.4) is 0 Å². The molecule has 1 saturated carbocycles. The first kappa shape index (κ1) is 11.5. The van der Waals surface area contributed by atoms with Crippen molar-refractivity contribution in [2.75, 3.05) is 19.3 Å². The summed E-state index contributed by atoms with van der Waals surface area (Å²) in [6, 6.07) is 5.66. The summed E-state index contributed by atoms with van der Waals surface area (Å²) in [7, 11) is 2.12. The molecular weight excluding hydrogens is 226 g/mol. The highest BCUT2D eigenvalue weighted by Crippen LogP contribution is 2.27. The molecule has 0 radical (unpaired) electrons. The number of hydrogen-bond donors (Lipinski definition) is 1. The van der Waals surface area contributed by atoms with Gasteiger partial charge < -0.3 is 10.2 Å². The minimum absolute atomic E-state index is 0.684. The molecule has 18 heavy (non-hydrogen) atoms. The number of nitrogens with zero attached hydrogens (tertiary/aromatic N) is 2. The molecule has 1 fully saturated rings. The summed E-state index contributed by atoms with van der Waals surface area (Å²) in [5, 5.41) is 0. The van der Waals surface area contributed by atoms with Gasteiger partial charge in [-0.05, 0) is 37.9 Å². The largest absolute Gasteiger partial charge is 0.439 e. The fourth-order valence-electron chi connectivity index (χ4n) is 2.49. The molecule has 2 N–H and O–H groups in total. The lowest BCUT2D eigenvalue weighted by Gasteiger charge is -2.29. The van der Waals surface area contributed by atoms with Gasteiger partial charge in [0, 0.05) is 6.54 Å². The van der Waals surface area contributed by atoms with E-state index in [9.17, 15) is 0 Å². The number of benzene rings is 1. The second-order valence-electron chi connectivity index (χ2n) is 5.30. The van der Waals surface area contributed by atoms with E-state index in [1.807, 2.05) is 18.2 Å². The van der Waals surface area contributed by atoms with Crippen molar-refractivity contribution in [1.82, 2.24) is 9.88 Å². The normalized spacial score (nSPS) is 16.3. The van der Waals surface area contributed by atoms with Crippen LogP contribution in [0.2, 0.25) is 0 Å². The second-order valence-corrected chi connectivity index (χ2v) is 5.30. The fourth-order valence-corrected chi connectivity index (χ4v) is 2.49. The van der Waals surface area contributed by atoms with Crippen LogP contribution in [0.25, 0.3) is 11.1 Å². The average Bonchev–Trinajstić information content (AvgIpc) is 2.68. The Kier molecular flexibility index (Phi) is 2.96. The van der Waals surface area contributed by atoms with E-state index in [4.69, 9.17) is 10.2 Å². The van der Waals surface area contributed by atoms with Crippen LogP contribution in [0.1, 0.15) is 25.2 Å². The minimum atomic E-state index is 0.684. The molecule has 0 amide bonds. The van der Waals surface area contributed by atoms with Gasteiger partial charge in [0.2, 0.25) is 5.89 Å². The van der Waals surface area contributed by atoms with Crippen LogP contribution >= 0.6 is 0 Å². The van der Waals surface area contributed by atoms with E-state index in [0.29, 0.717) is 5.69 Å². The van der Waals surface area contributed by atoms with E-state index >= 15 is 0 Å². The van der Waals surface area contributed by atoms with Gasteiger partial charge in [-0.2, -0.15) is 0 Å². The average molecular weight is 245 g/mol. The number of anilines is 1. The fraction of sp³-hybridized carbons (Fsp3) is 0.500. The highest BCUT2D eigenvalue weighted by Gasteiger charge is 2.20. The minimum Gasteiger partial charge on any atom is -0.439 e. The lowest BCUT2D eigenvalue weighted by molar-refractivity contribution is 0.190. The summed E-state index contributed by atoms with van der Waals surface area (Å²) in [5.41, 5.74) is 8.12. The van der Waals surface area contributed by atoms with Crippen molar-refractivity contribution in [2.45, 2.75) is 25.8 Å². The molecule has 0 saturated heterocycles. The third-order valence-corrected chi connectivity index (χ3v) is 3.69. The molecule has 0 unspecified atom stereocenters. The molecule has 0 atom stereocenters. The molecule has 96 valence electrons. The number of para-hydroxylation sites is 1. The van der Waals surface area contributed by atoms with Crippen LogP contribution < -0.4 is 5.73 Å². The summed E-state index contributed by atoms with van der Waals surface area (Å²) in [5.74, 6) is 1.62. The van der Waals surface area contributed by atoms with Gasteiger partial charge in [0.05, 0.1) is 12.2 Å². The van der Waals surface area contributed by atoms with Crippen molar-refractivity contribution in [2.24, 2.45) is 5.92 Å². The van der Waals surface area contributed by atoms with Crippen LogP contribution in [-0.2, 0) is 6.54 Å². The number of rotatable bonds is 4. The van der Waals surface area contributed by atoms with Crippen molar-refractivity contribution in [3.05, 3.63) is 24.1 Å². The number of nitrogens with two attached hydrogens (primary N) is 1. The molecule has 1 heterocycles. The van der Waals surface area contributed by atoms with Gasteiger partial charge in [-0.3, -0.25) is 4.90 Å². The monoisotopic (exact) mass is 245 g/mol. The molecule has 1 aliphatic carbocycles. The zero-order valence-electron chi connectivity index (χ0n) is 10.7. The van der Waals surface area contributed by atoms with Crippen LogP contribution in [0, 0.1) is 5.92 Å². The molecular formula is C14H19N3O. The molecule has 1 aromatic carbocycles. The van der Waals surface area contributed by atoms with Gasteiger partial charge in [-0.1, -0.05) is 12.5 Å². The summed E-state index contributed by atoms with van der Waals surface area (Å²) in [6.07, 6.45) is 4.12. The summed E-state index contributed by atoms with van der Waals surface area (Å²) in [4.78, 5) is 6.75. The molecule has 0 aliphatic heterocycles. The number of aromatic nitrogens is 1. The molecule has 0 spiro atoms. The van der Waals surface area contributed by atoms with Crippen molar-refractivity contribution in [1.29, 1.82) is 0 Å². The standard InChI is InChI=1S/C14H19N3O/c1-17(8-10-4-2-5-10)9-13-16-14-11(15)6-3-7-12(14)18-13/h3,6-7,10H,2,4-5,8-9,15H2,1H3. The predicted octanol–water partition coefficient (Wildman–Crippen LogP) is 2.64. The maximum absolute atomic E-state index is 5.88. The maximum Gasteiger partial charge on any atom is 0.209 e. The lowest BCUT2D eigenvalue weighted by Crippen LogP contribution is -2.29. The Morgan fingerprint density at radius 2 is 2.28 bits per heavy atom. The van der Waals surface area contributed by atoms with E-state index in [1.54, 1.807) is 0 Å². The third kappa shape index (κ3) is 2.20. The topological polar surface area (TPSA) is 55.3 Å². The van der Waals surface area contributed by atoms with Gasteiger partial charge in [-0.15, -0.1) is 0 Å². The highest BCUT2D eigenvalue weighted by atomic mass is 16.3. The first-order chi connectivity index (χ1) is 8.72. The summed E-state index contributed by atoms with van der Waals surface area (Å²) < 4.78 is 5.72. The first-order valence-electron chi connectivity index (χ1n) is 6.55. The Bertz CT molecular complexity index is 545. The number of nitrogen functional groups attached to an aromatic ring is 1. The highest BCUT2D eigenvalue weighted by molar-refractivity contribution is 5.85. The molecule has 1 aliphatic rings. The second kappa shape index (κ2) is 4.61. The van der Waals surface area contributed by atoms with Crippen LogP contribution in [0.15, 0.2) is 22.6 Å². The van der Waals surface area contributed by atoms with E-state index in [1.165, 1.54) is 19.3 Å². The van der Waals surface area contributed by atoms with Gasteiger partial charge in [-0.25, -0.2) is 4.98 Å². The van der Waals surface area contributed by atoms with E-state index in [2.05, 4.69) is 16.9 Å². The van der Waals surface area contributed by atoms with Gasteiger partial charge in [0.25, 0.3) is 0 Å². The van der Waals surface area contributed by atoms with Crippen molar-refractivity contribution >= 4 is 16.8 Å². The zero-order valence-corrected chi connectivity index (χ0v) is 10.7. The Labute approximate surface area is 107 Å². The lowest BCUT2D eigenvalue weighted by atomic mass is 9.85. The maximum atomic E-state index is 5.88. The van der Waals surface area contributed by atoms with Gasteiger partial charge >= 0.3 is 0 Å². The van der Waals surface area contributed by atoms with Crippen LogP contribution in [0.4, 0.5) is 5.69 Å². The van der Waals surface area contributed by atoms with Crippen molar-refractivity contribution in [3.63, 3.8) is 0 Å².